The number of sulfone groups is 1. The second-order valence-corrected chi connectivity index (χ2v) is 11.0. The monoisotopic (exact) mass is 628 g/mol. The molecule has 2 amide bonds. The average Bonchev–Trinajstić information content (AvgIpc) is 3.00. The summed E-state index contributed by atoms with van der Waals surface area (Å²) in [4.78, 5) is 23.4. The molecule has 4 aromatic carbocycles. The Kier molecular flexibility index (Phi) is 9.38. The number of carbonyl (C=O) groups is 2. The highest BCUT2D eigenvalue weighted by molar-refractivity contribution is 7.94. The third-order valence-electron chi connectivity index (χ3n) is 5.92. The van der Waals surface area contributed by atoms with Crippen molar-refractivity contribution in [2.24, 2.45) is 36.4 Å². The summed E-state index contributed by atoms with van der Waals surface area (Å²) in [6, 6.07) is 16.4. The standard InChI is InChI=1S/C29H24N8O7S/c1-3-45(43,44)20-11-8-18(9-12-20)32-35-22-13-10-19(14-23(22)31-29(30)42)34-37-26-24(38)15-21(28(40)41)25(27(26)39)36-33-17-6-4-16(2)5-7-17/h3-15,38-39H,1H2,2H3,(H,40,41)(H3,30,31,42). The molecule has 45 heavy (non-hydrogen) atoms. The second kappa shape index (κ2) is 13.3. The first-order valence-corrected chi connectivity index (χ1v) is 14.2. The molecular formula is C29H24N8O7S. The van der Waals surface area contributed by atoms with E-state index >= 15 is 0 Å². The van der Waals surface area contributed by atoms with Crippen LogP contribution in [0.4, 0.5) is 44.6 Å². The SMILES string of the molecule is C=CS(=O)(=O)c1ccc(N=Nc2ccc(N=Nc3c(O)cc(C(=O)O)c(N=Nc4ccc(C)cc4)c3O)cc2NC(N)=O)cc1. The van der Waals surface area contributed by atoms with Crippen molar-refractivity contribution >= 4 is 61.6 Å². The molecule has 0 aliphatic carbocycles. The number of benzene rings is 4. The molecule has 0 aliphatic rings. The van der Waals surface area contributed by atoms with Gasteiger partial charge < -0.3 is 26.4 Å². The number of amides is 2. The molecule has 0 fully saturated rings. The van der Waals surface area contributed by atoms with Gasteiger partial charge in [0.15, 0.2) is 21.3 Å². The third kappa shape index (κ3) is 7.76. The normalized spacial score (nSPS) is 11.8. The van der Waals surface area contributed by atoms with Gasteiger partial charge in [0.1, 0.15) is 17.1 Å². The fourth-order valence-corrected chi connectivity index (χ4v) is 4.35. The number of aromatic hydroxyl groups is 2. The number of carboxylic acid groups (broad SMARTS) is 1. The lowest BCUT2D eigenvalue weighted by Crippen LogP contribution is -2.19. The number of carbonyl (C=O) groups excluding carboxylic acids is 1. The molecule has 0 spiro atoms. The number of primary amides is 1. The number of urea groups is 1. The van der Waals surface area contributed by atoms with Crippen molar-refractivity contribution in [3.63, 3.8) is 0 Å². The van der Waals surface area contributed by atoms with E-state index in [1.54, 1.807) is 24.3 Å². The number of nitrogens with two attached hydrogens (primary N) is 1. The summed E-state index contributed by atoms with van der Waals surface area (Å²) in [5.74, 6) is -2.97. The van der Waals surface area contributed by atoms with Crippen LogP contribution in [-0.2, 0) is 9.84 Å². The van der Waals surface area contributed by atoms with Crippen LogP contribution in [0.3, 0.4) is 0 Å². The Morgan fingerprint density at radius 3 is 1.96 bits per heavy atom. The first-order chi connectivity index (χ1) is 21.4. The van der Waals surface area contributed by atoms with Crippen LogP contribution in [0.1, 0.15) is 15.9 Å². The fourth-order valence-electron chi connectivity index (χ4n) is 3.64. The van der Waals surface area contributed by atoms with Gasteiger partial charge in [-0.25, -0.2) is 18.0 Å². The molecule has 0 saturated carbocycles. The van der Waals surface area contributed by atoms with E-state index in [0.29, 0.717) is 11.4 Å². The second-order valence-electron chi connectivity index (χ2n) is 9.13. The maximum atomic E-state index is 11.9. The topological polar surface area (TPSA) is 241 Å². The molecule has 4 aromatic rings. The first kappa shape index (κ1) is 31.6. The Morgan fingerprint density at radius 1 is 0.800 bits per heavy atom. The fraction of sp³-hybridized carbons (Fsp3) is 0.0345. The Balaban J connectivity index is 1.66. The predicted octanol–water partition coefficient (Wildman–Crippen LogP) is 7.76. The summed E-state index contributed by atoms with van der Waals surface area (Å²) >= 11 is 0. The molecule has 0 aliphatic heterocycles. The largest absolute Gasteiger partial charge is 0.505 e. The maximum absolute atomic E-state index is 11.9. The molecule has 4 rings (SSSR count). The van der Waals surface area contributed by atoms with Crippen molar-refractivity contribution < 1.29 is 33.3 Å². The molecule has 0 bridgehead atoms. The number of aromatic carboxylic acids is 1. The highest BCUT2D eigenvalue weighted by Gasteiger charge is 2.22. The zero-order chi connectivity index (χ0) is 32.7. The maximum Gasteiger partial charge on any atom is 0.338 e. The van der Waals surface area contributed by atoms with Crippen molar-refractivity contribution in [2.75, 3.05) is 5.32 Å². The average molecular weight is 629 g/mol. The quantitative estimate of drug-likeness (QED) is 0.109. The Hall–Kier alpha value is -6.29. The molecule has 228 valence electrons. The van der Waals surface area contributed by atoms with E-state index in [1.165, 1.54) is 42.5 Å². The minimum Gasteiger partial charge on any atom is -0.505 e. The molecule has 0 heterocycles. The summed E-state index contributed by atoms with van der Waals surface area (Å²) in [6.45, 7) is 5.15. The molecule has 6 N–H and O–H groups in total. The molecular weight excluding hydrogens is 604 g/mol. The minimum atomic E-state index is -3.62. The highest BCUT2D eigenvalue weighted by Crippen LogP contribution is 2.47. The van der Waals surface area contributed by atoms with Crippen molar-refractivity contribution in [1.29, 1.82) is 0 Å². The number of rotatable bonds is 10. The number of carboxylic acids is 1. The van der Waals surface area contributed by atoms with Gasteiger partial charge in [0.2, 0.25) is 0 Å². The van der Waals surface area contributed by atoms with Gasteiger partial charge in [0.25, 0.3) is 0 Å². The molecule has 0 unspecified atom stereocenters. The van der Waals surface area contributed by atoms with Crippen LogP contribution in [0.2, 0.25) is 0 Å². The van der Waals surface area contributed by atoms with Gasteiger partial charge in [-0.15, -0.1) is 15.3 Å². The van der Waals surface area contributed by atoms with Crippen LogP contribution in [0.15, 0.2) is 120 Å². The number of anilines is 1. The van der Waals surface area contributed by atoms with Crippen LogP contribution < -0.4 is 11.1 Å². The van der Waals surface area contributed by atoms with E-state index in [1.807, 2.05) is 6.92 Å². The third-order valence-corrected chi connectivity index (χ3v) is 7.29. The van der Waals surface area contributed by atoms with Crippen LogP contribution in [-0.4, -0.2) is 35.7 Å². The molecule has 0 atom stereocenters. The van der Waals surface area contributed by atoms with Gasteiger partial charge >= 0.3 is 12.0 Å². The summed E-state index contributed by atoms with van der Waals surface area (Å²) in [6.07, 6.45) is 0. The van der Waals surface area contributed by atoms with E-state index in [4.69, 9.17) is 5.73 Å². The summed E-state index contributed by atoms with van der Waals surface area (Å²) in [5.41, 5.74) is 5.77. The van der Waals surface area contributed by atoms with Crippen LogP contribution in [0, 0.1) is 6.92 Å². The Morgan fingerprint density at radius 2 is 1.36 bits per heavy atom. The predicted molar refractivity (Wildman–Crippen MR) is 164 cm³/mol. The van der Waals surface area contributed by atoms with E-state index in [0.717, 1.165) is 17.0 Å². The van der Waals surface area contributed by atoms with Crippen molar-refractivity contribution in [3.05, 3.63) is 95.9 Å². The Labute approximate surface area is 255 Å². The van der Waals surface area contributed by atoms with Crippen LogP contribution in [0.5, 0.6) is 11.5 Å². The van der Waals surface area contributed by atoms with Crippen LogP contribution >= 0.6 is 0 Å². The first-order valence-electron chi connectivity index (χ1n) is 12.7. The van der Waals surface area contributed by atoms with Gasteiger partial charge in [0.05, 0.1) is 33.2 Å². The van der Waals surface area contributed by atoms with Gasteiger partial charge in [-0.3, -0.25) is 0 Å². The highest BCUT2D eigenvalue weighted by atomic mass is 32.2. The lowest BCUT2D eigenvalue weighted by atomic mass is 10.1. The number of nitrogens with one attached hydrogen (secondary N) is 1. The van der Waals surface area contributed by atoms with Gasteiger partial charge in [-0.2, -0.15) is 15.3 Å². The van der Waals surface area contributed by atoms with E-state index < -0.39 is 50.3 Å². The van der Waals surface area contributed by atoms with Gasteiger partial charge in [0, 0.05) is 5.41 Å². The van der Waals surface area contributed by atoms with Gasteiger partial charge in [-0.1, -0.05) is 24.3 Å². The summed E-state index contributed by atoms with van der Waals surface area (Å²) in [5, 5.41) is 57.8. The zero-order valence-corrected chi connectivity index (χ0v) is 24.2. The lowest BCUT2D eigenvalue weighted by molar-refractivity contribution is 0.0697. The number of aryl methyl sites for hydroxylation is 1. The number of azo groups is 3. The van der Waals surface area contributed by atoms with Crippen LogP contribution in [0.25, 0.3) is 0 Å². The number of phenols is 2. The number of nitrogens with zero attached hydrogens (tertiary/aromatic N) is 6. The number of phenolic OH excluding ortho intramolecular Hbond substituents is 2. The number of hydrogen-bond donors (Lipinski definition) is 5. The molecule has 0 radical (unpaired) electrons. The molecule has 16 heteroatoms. The van der Waals surface area contributed by atoms with E-state index in [-0.39, 0.29) is 22.0 Å². The van der Waals surface area contributed by atoms with Crippen molar-refractivity contribution in [2.45, 2.75) is 11.8 Å². The van der Waals surface area contributed by atoms with E-state index in [2.05, 4.69) is 42.6 Å². The van der Waals surface area contributed by atoms with Gasteiger partial charge in [-0.05, 0) is 67.6 Å². The Bertz CT molecular complexity index is 1990. The number of hydrogen-bond acceptors (Lipinski definition) is 12. The lowest BCUT2D eigenvalue weighted by Gasteiger charge is -2.08. The van der Waals surface area contributed by atoms with Crippen molar-refractivity contribution in [3.8, 4) is 11.5 Å². The smallest absolute Gasteiger partial charge is 0.338 e. The zero-order valence-electron chi connectivity index (χ0n) is 23.4. The molecule has 0 aromatic heterocycles. The van der Waals surface area contributed by atoms with Crippen molar-refractivity contribution in [1.82, 2.24) is 0 Å². The van der Waals surface area contributed by atoms with E-state index in [9.17, 15) is 33.3 Å². The molecule has 0 saturated heterocycles. The molecule has 15 nitrogen and oxygen atoms in total. The summed E-state index contributed by atoms with van der Waals surface area (Å²) < 4.78 is 23.8. The summed E-state index contributed by atoms with van der Waals surface area (Å²) in [7, 11) is -3.62. The minimum absolute atomic E-state index is 0.0263.